The normalized spacial score (nSPS) is 14.0. The summed E-state index contributed by atoms with van der Waals surface area (Å²) in [7, 11) is 0. The van der Waals surface area contributed by atoms with Crippen LogP contribution in [0.2, 0.25) is 0 Å². The van der Waals surface area contributed by atoms with Gasteiger partial charge >= 0.3 is 0 Å². The highest BCUT2D eigenvalue weighted by Gasteiger charge is 2.20. The molecule has 0 unspecified atom stereocenters. The van der Waals surface area contributed by atoms with E-state index in [2.05, 4.69) is 15.3 Å². The Kier molecular flexibility index (Phi) is 2.90. The van der Waals surface area contributed by atoms with Crippen molar-refractivity contribution in [2.24, 2.45) is 0 Å². The number of nitrogen functional groups attached to an aromatic ring is 1. The summed E-state index contributed by atoms with van der Waals surface area (Å²) in [4.78, 5) is 21.4. The zero-order valence-electron chi connectivity index (χ0n) is 11.9. The fourth-order valence-corrected chi connectivity index (χ4v) is 2.95. The number of fused-ring (bicyclic) bond motifs is 2. The third kappa shape index (κ3) is 1.88. The Hall–Kier alpha value is -2.73. The smallest absolute Gasteiger partial charge is 0.265 e. The number of nitrogens with one attached hydrogen (secondary N) is 1. The molecule has 0 spiro atoms. The Morgan fingerprint density at radius 3 is 3.14 bits per heavy atom. The monoisotopic (exact) mass is 293 g/mol. The molecule has 1 aromatic carbocycles. The van der Waals surface area contributed by atoms with Crippen molar-refractivity contribution in [2.75, 3.05) is 12.3 Å². The molecule has 110 valence electrons. The highest BCUT2D eigenvalue weighted by atomic mass is 16.2. The van der Waals surface area contributed by atoms with Crippen molar-refractivity contribution in [1.82, 2.24) is 19.9 Å². The van der Waals surface area contributed by atoms with E-state index in [0.717, 1.165) is 36.2 Å². The van der Waals surface area contributed by atoms with Crippen LogP contribution in [0.3, 0.4) is 0 Å². The van der Waals surface area contributed by atoms with Gasteiger partial charge in [-0.1, -0.05) is 6.07 Å². The highest BCUT2D eigenvalue weighted by Crippen LogP contribution is 2.23. The number of nitrogens with zero attached hydrogens (tertiary/aromatic N) is 3. The molecule has 6 nitrogen and oxygen atoms in total. The molecule has 0 saturated heterocycles. The SMILES string of the molecule is Nc1cccc2c1ncn2C(=O)c1cncc2c1CCNC2. The number of hydrogen-bond donors (Lipinski definition) is 2. The van der Waals surface area contributed by atoms with Crippen molar-refractivity contribution in [1.29, 1.82) is 0 Å². The molecule has 1 aliphatic rings. The van der Waals surface area contributed by atoms with Gasteiger partial charge in [0, 0.05) is 18.9 Å². The quantitative estimate of drug-likeness (QED) is 0.661. The third-order valence-electron chi connectivity index (χ3n) is 4.07. The zero-order valence-corrected chi connectivity index (χ0v) is 11.9. The Morgan fingerprint density at radius 2 is 2.23 bits per heavy atom. The van der Waals surface area contributed by atoms with Gasteiger partial charge < -0.3 is 11.1 Å². The average molecular weight is 293 g/mol. The van der Waals surface area contributed by atoms with Gasteiger partial charge in [0.1, 0.15) is 11.8 Å². The Morgan fingerprint density at radius 1 is 1.32 bits per heavy atom. The molecular formula is C16H15N5O. The number of hydrogen-bond acceptors (Lipinski definition) is 5. The van der Waals surface area contributed by atoms with Crippen LogP contribution in [0.4, 0.5) is 5.69 Å². The first-order chi connectivity index (χ1) is 10.8. The number of aromatic nitrogens is 3. The van der Waals surface area contributed by atoms with Crippen molar-refractivity contribution in [3.05, 3.63) is 53.6 Å². The summed E-state index contributed by atoms with van der Waals surface area (Å²) in [6.07, 6.45) is 5.82. The van der Waals surface area contributed by atoms with Gasteiger partial charge in [0.15, 0.2) is 0 Å². The number of rotatable bonds is 1. The molecule has 0 aliphatic carbocycles. The van der Waals surface area contributed by atoms with Crippen molar-refractivity contribution < 1.29 is 4.79 Å². The van der Waals surface area contributed by atoms with Crippen LogP contribution in [0.25, 0.3) is 11.0 Å². The first kappa shape index (κ1) is 13.0. The van der Waals surface area contributed by atoms with Crippen LogP contribution in [0, 0.1) is 0 Å². The summed E-state index contributed by atoms with van der Waals surface area (Å²) >= 11 is 0. The number of anilines is 1. The van der Waals surface area contributed by atoms with E-state index >= 15 is 0 Å². The number of pyridine rings is 1. The van der Waals surface area contributed by atoms with Crippen LogP contribution < -0.4 is 11.1 Å². The topological polar surface area (TPSA) is 85.8 Å². The summed E-state index contributed by atoms with van der Waals surface area (Å²) in [5.74, 6) is -0.112. The average Bonchev–Trinajstić information content (AvgIpc) is 2.99. The lowest BCUT2D eigenvalue weighted by Gasteiger charge is -2.19. The predicted molar refractivity (Wildman–Crippen MR) is 83.5 cm³/mol. The lowest BCUT2D eigenvalue weighted by molar-refractivity contribution is 0.0962. The first-order valence-electron chi connectivity index (χ1n) is 7.18. The molecule has 3 aromatic rings. The van der Waals surface area contributed by atoms with Gasteiger partial charge in [-0.2, -0.15) is 0 Å². The molecule has 0 radical (unpaired) electrons. The van der Waals surface area contributed by atoms with E-state index in [-0.39, 0.29) is 5.91 Å². The van der Waals surface area contributed by atoms with Crippen LogP contribution in [0.15, 0.2) is 36.9 Å². The second-order valence-electron chi connectivity index (χ2n) is 5.39. The lowest BCUT2D eigenvalue weighted by atomic mass is 9.98. The van der Waals surface area contributed by atoms with Crippen LogP contribution in [-0.2, 0) is 13.0 Å². The molecule has 4 rings (SSSR count). The Bertz CT molecular complexity index is 883. The summed E-state index contributed by atoms with van der Waals surface area (Å²) in [6.45, 7) is 1.62. The molecule has 0 fully saturated rings. The van der Waals surface area contributed by atoms with Crippen LogP contribution in [-0.4, -0.2) is 27.0 Å². The second kappa shape index (κ2) is 4.92. The van der Waals surface area contributed by atoms with E-state index < -0.39 is 0 Å². The van der Waals surface area contributed by atoms with Gasteiger partial charge in [-0.25, -0.2) is 4.98 Å². The maximum Gasteiger partial charge on any atom is 0.265 e. The molecule has 3 heterocycles. The summed E-state index contributed by atoms with van der Waals surface area (Å²) in [6, 6.07) is 5.45. The van der Waals surface area contributed by atoms with Gasteiger partial charge in [0.25, 0.3) is 5.91 Å². The number of carbonyl (C=O) groups excluding carboxylic acids is 1. The fraction of sp³-hybridized carbons (Fsp3) is 0.188. The van der Waals surface area contributed by atoms with E-state index in [1.165, 1.54) is 6.33 Å². The predicted octanol–water partition coefficient (Wildman–Crippen LogP) is 1.35. The minimum atomic E-state index is -0.112. The number of imidazole rings is 1. The molecule has 0 atom stereocenters. The molecule has 0 bridgehead atoms. The third-order valence-corrected chi connectivity index (χ3v) is 4.07. The number of carbonyl (C=O) groups is 1. The minimum absolute atomic E-state index is 0.112. The number of para-hydroxylation sites is 1. The molecule has 3 N–H and O–H groups in total. The van der Waals surface area contributed by atoms with Gasteiger partial charge in [-0.15, -0.1) is 0 Å². The van der Waals surface area contributed by atoms with Crippen LogP contribution in [0.1, 0.15) is 21.5 Å². The zero-order chi connectivity index (χ0) is 15.1. The first-order valence-corrected chi connectivity index (χ1v) is 7.18. The molecule has 22 heavy (non-hydrogen) atoms. The lowest BCUT2D eigenvalue weighted by Crippen LogP contribution is -2.26. The van der Waals surface area contributed by atoms with Crippen molar-refractivity contribution >= 4 is 22.6 Å². The summed E-state index contributed by atoms with van der Waals surface area (Å²) in [5.41, 5.74) is 10.6. The van der Waals surface area contributed by atoms with Crippen molar-refractivity contribution in [3.63, 3.8) is 0 Å². The van der Waals surface area contributed by atoms with E-state index in [9.17, 15) is 4.79 Å². The van der Waals surface area contributed by atoms with Gasteiger partial charge in [0.2, 0.25) is 0 Å². The summed E-state index contributed by atoms with van der Waals surface area (Å²) in [5, 5.41) is 3.29. The standard InChI is InChI=1S/C16H15N5O/c17-13-2-1-3-14-15(13)20-9-21(14)16(22)12-8-19-7-10-6-18-5-4-11(10)12/h1-3,7-9,18H,4-6,17H2. The van der Waals surface area contributed by atoms with Crippen LogP contribution in [0.5, 0.6) is 0 Å². The Balaban J connectivity index is 1.86. The van der Waals surface area contributed by atoms with Crippen molar-refractivity contribution in [3.8, 4) is 0 Å². The summed E-state index contributed by atoms with van der Waals surface area (Å²) < 4.78 is 1.55. The van der Waals surface area contributed by atoms with Gasteiger partial charge in [0.05, 0.1) is 16.8 Å². The van der Waals surface area contributed by atoms with Crippen molar-refractivity contribution in [2.45, 2.75) is 13.0 Å². The number of nitrogens with two attached hydrogens (primary N) is 1. The largest absolute Gasteiger partial charge is 0.397 e. The molecule has 0 saturated carbocycles. The number of benzene rings is 1. The van der Waals surface area contributed by atoms with E-state index in [4.69, 9.17) is 5.73 Å². The van der Waals surface area contributed by atoms with E-state index in [1.54, 1.807) is 16.8 Å². The van der Waals surface area contributed by atoms with E-state index in [1.807, 2.05) is 18.3 Å². The second-order valence-corrected chi connectivity index (χ2v) is 5.39. The molecule has 0 amide bonds. The molecule has 2 aromatic heterocycles. The fourth-order valence-electron chi connectivity index (χ4n) is 2.95. The van der Waals surface area contributed by atoms with E-state index in [0.29, 0.717) is 16.8 Å². The molecular weight excluding hydrogens is 278 g/mol. The van der Waals surface area contributed by atoms with Crippen LogP contribution >= 0.6 is 0 Å². The maximum atomic E-state index is 12.9. The molecule has 6 heteroatoms. The highest BCUT2D eigenvalue weighted by molar-refractivity contribution is 6.03. The van der Waals surface area contributed by atoms with Gasteiger partial charge in [-0.3, -0.25) is 14.3 Å². The maximum absolute atomic E-state index is 12.9. The molecule has 1 aliphatic heterocycles. The Labute approximate surface area is 127 Å². The minimum Gasteiger partial charge on any atom is -0.397 e. The van der Waals surface area contributed by atoms with Gasteiger partial charge in [-0.05, 0) is 36.2 Å².